The smallest absolute Gasteiger partial charge is 0.265 e. The number of likely N-dealkylation sites (N-methyl/N-ethyl adjacent to an activating group) is 1. The number of hydrogen-bond acceptors (Lipinski definition) is 4. The minimum Gasteiger partial charge on any atom is -0.335 e. The van der Waals surface area contributed by atoms with Crippen molar-refractivity contribution < 1.29 is 9.18 Å². The average Bonchev–Trinajstić information content (AvgIpc) is 2.89. The van der Waals surface area contributed by atoms with Crippen LogP contribution in [0.4, 0.5) is 4.39 Å². The lowest BCUT2D eigenvalue weighted by molar-refractivity contribution is 0.0668. The SMILES string of the molecule is Cc1nc(-c2ccccc2F)sc1C(=O)N1CCN(C)CC1.Cl. The predicted octanol–water partition coefficient (Wildman–Crippen LogP) is 3.07. The molecule has 1 aromatic carbocycles. The van der Waals surface area contributed by atoms with E-state index in [0.717, 1.165) is 26.2 Å². The molecule has 2 aromatic rings. The van der Waals surface area contributed by atoms with Gasteiger partial charge in [0.2, 0.25) is 0 Å². The molecule has 1 amide bonds. The quantitative estimate of drug-likeness (QED) is 0.830. The fraction of sp³-hybridized carbons (Fsp3) is 0.375. The molecule has 124 valence electrons. The summed E-state index contributed by atoms with van der Waals surface area (Å²) in [6, 6.07) is 6.53. The Hall–Kier alpha value is -1.50. The van der Waals surface area contributed by atoms with Gasteiger partial charge in [-0.2, -0.15) is 0 Å². The van der Waals surface area contributed by atoms with Crippen LogP contribution >= 0.6 is 23.7 Å². The first-order valence-electron chi connectivity index (χ1n) is 7.26. The van der Waals surface area contributed by atoms with Gasteiger partial charge < -0.3 is 9.80 Å². The van der Waals surface area contributed by atoms with E-state index in [-0.39, 0.29) is 24.1 Å². The topological polar surface area (TPSA) is 36.4 Å². The first-order chi connectivity index (χ1) is 10.6. The van der Waals surface area contributed by atoms with Gasteiger partial charge in [-0.1, -0.05) is 12.1 Å². The summed E-state index contributed by atoms with van der Waals surface area (Å²) in [5.74, 6) is -0.305. The lowest BCUT2D eigenvalue weighted by Crippen LogP contribution is -2.47. The van der Waals surface area contributed by atoms with E-state index in [9.17, 15) is 9.18 Å². The molecule has 0 spiro atoms. The van der Waals surface area contributed by atoms with Crippen LogP contribution in [0.2, 0.25) is 0 Å². The summed E-state index contributed by atoms with van der Waals surface area (Å²) in [4.78, 5) is 21.7. The van der Waals surface area contributed by atoms with E-state index in [1.165, 1.54) is 17.4 Å². The zero-order chi connectivity index (χ0) is 15.7. The third kappa shape index (κ3) is 3.71. The van der Waals surface area contributed by atoms with E-state index in [1.54, 1.807) is 18.2 Å². The first-order valence-corrected chi connectivity index (χ1v) is 8.08. The number of hydrogen-bond donors (Lipinski definition) is 0. The van der Waals surface area contributed by atoms with Crippen molar-refractivity contribution in [2.24, 2.45) is 0 Å². The maximum Gasteiger partial charge on any atom is 0.265 e. The number of amides is 1. The number of carbonyl (C=O) groups is 1. The number of aryl methyl sites for hydroxylation is 1. The number of benzene rings is 1. The number of thiazole rings is 1. The number of rotatable bonds is 2. The lowest BCUT2D eigenvalue weighted by Gasteiger charge is -2.32. The van der Waals surface area contributed by atoms with E-state index in [4.69, 9.17) is 0 Å². The third-order valence-corrected chi connectivity index (χ3v) is 5.06. The molecule has 0 atom stereocenters. The molecule has 4 nitrogen and oxygen atoms in total. The van der Waals surface area contributed by atoms with Crippen molar-refractivity contribution in [3.05, 3.63) is 40.7 Å². The third-order valence-electron chi connectivity index (χ3n) is 3.89. The Balaban J connectivity index is 0.00000192. The second kappa shape index (κ2) is 7.38. The molecule has 0 aliphatic carbocycles. The van der Waals surface area contributed by atoms with Crippen molar-refractivity contribution in [3.63, 3.8) is 0 Å². The molecular formula is C16H19ClFN3OS. The van der Waals surface area contributed by atoms with Crippen molar-refractivity contribution in [1.29, 1.82) is 0 Å². The molecule has 7 heteroatoms. The second-order valence-corrected chi connectivity index (χ2v) is 6.51. The molecule has 1 aliphatic heterocycles. The summed E-state index contributed by atoms with van der Waals surface area (Å²) < 4.78 is 13.9. The normalized spacial score (nSPS) is 15.3. The Morgan fingerprint density at radius 3 is 2.52 bits per heavy atom. The number of halogens is 2. The Morgan fingerprint density at radius 1 is 1.22 bits per heavy atom. The number of aromatic nitrogens is 1. The highest BCUT2D eigenvalue weighted by Crippen LogP contribution is 2.30. The molecule has 1 saturated heterocycles. The van der Waals surface area contributed by atoms with Crippen molar-refractivity contribution in [3.8, 4) is 10.6 Å². The maximum absolute atomic E-state index is 13.9. The summed E-state index contributed by atoms with van der Waals surface area (Å²) in [5.41, 5.74) is 1.13. The molecule has 1 aromatic heterocycles. The fourth-order valence-electron chi connectivity index (χ4n) is 2.50. The van der Waals surface area contributed by atoms with Gasteiger partial charge in [-0.3, -0.25) is 4.79 Å². The standard InChI is InChI=1S/C16H18FN3OS.ClH/c1-11-14(16(21)20-9-7-19(2)8-10-20)22-15(18-11)12-5-3-4-6-13(12)17;/h3-6H,7-10H2,1-2H3;1H. The highest BCUT2D eigenvalue weighted by Gasteiger charge is 2.25. The Bertz CT molecular complexity index is 698. The Morgan fingerprint density at radius 2 is 1.87 bits per heavy atom. The molecule has 0 bridgehead atoms. The Labute approximate surface area is 145 Å². The van der Waals surface area contributed by atoms with Crippen LogP contribution in [0.3, 0.4) is 0 Å². The van der Waals surface area contributed by atoms with Crippen LogP contribution in [-0.4, -0.2) is 53.9 Å². The van der Waals surface area contributed by atoms with Gasteiger partial charge in [-0.05, 0) is 26.1 Å². The van der Waals surface area contributed by atoms with Crippen LogP contribution < -0.4 is 0 Å². The summed E-state index contributed by atoms with van der Waals surface area (Å²) in [5, 5.41) is 0.563. The van der Waals surface area contributed by atoms with E-state index in [1.807, 2.05) is 11.8 Å². The highest BCUT2D eigenvalue weighted by molar-refractivity contribution is 7.17. The number of piperazine rings is 1. The molecule has 3 rings (SSSR count). The van der Waals surface area contributed by atoms with E-state index < -0.39 is 0 Å². The molecule has 1 fully saturated rings. The van der Waals surface area contributed by atoms with Crippen molar-refractivity contribution in [1.82, 2.24) is 14.8 Å². The van der Waals surface area contributed by atoms with Crippen molar-refractivity contribution in [2.45, 2.75) is 6.92 Å². The van der Waals surface area contributed by atoms with Gasteiger partial charge in [0, 0.05) is 31.7 Å². The monoisotopic (exact) mass is 355 g/mol. The zero-order valence-corrected chi connectivity index (χ0v) is 14.7. The summed E-state index contributed by atoms with van der Waals surface area (Å²) >= 11 is 1.27. The molecule has 0 radical (unpaired) electrons. The maximum atomic E-state index is 13.9. The summed E-state index contributed by atoms with van der Waals surface area (Å²) in [6.07, 6.45) is 0. The Kier molecular flexibility index (Phi) is 5.73. The van der Waals surface area contributed by atoms with Crippen LogP contribution in [0.1, 0.15) is 15.4 Å². The molecule has 1 aliphatic rings. The minimum absolute atomic E-state index is 0. The largest absolute Gasteiger partial charge is 0.335 e. The van der Waals surface area contributed by atoms with Gasteiger partial charge in [-0.25, -0.2) is 9.37 Å². The molecule has 2 heterocycles. The van der Waals surface area contributed by atoms with Gasteiger partial charge in [0.15, 0.2) is 0 Å². The van der Waals surface area contributed by atoms with Gasteiger partial charge in [0.25, 0.3) is 5.91 Å². The van der Waals surface area contributed by atoms with Crippen LogP contribution in [0, 0.1) is 12.7 Å². The zero-order valence-electron chi connectivity index (χ0n) is 13.1. The summed E-state index contributed by atoms with van der Waals surface area (Å²) in [7, 11) is 2.05. The van der Waals surface area contributed by atoms with E-state index >= 15 is 0 Å². The molecule has 0 N–H and O–H groups in total. The van der Waals surface area contributed by atoms with Crippen molar-refractivity contribution >= 4 is 29.7 Å². The van der Waals surface area contributed by atoms with Crippen LogP contribution in [0.15, 0.2) is 24.3 Å². The first kappa shape index (κ1) is 17.8. The lowest BCUT2D eigenvalue weighted by atomic mass is 10.2. The van der Waals surface area contributed by atoms with Gasteiger partial charge in [-0.15, -0.1) is 23.7 Å². The molecular weight excluding hydrogens is 337 g/mol. The molecule has 23 heavy (non-hydrogen) atoms. The molecule has 0 saturated carbocycles. The van der Waals surface area contributed by atoms with Crippen LogP contribution in [0.5, 0.6) is 0 Å². The second-order valence-electron chi connectivity index (χ2n) is 5.51. The highest BCUT2D eigenvalue weighted by atomic mass is 35.5. The predicted molar refractivity (Wildman–Crippen MR) is 92.9 cm³/mol. The van der Waals surface area contributed by atoms with E-state index in [0.29, 0.717) is 21.1 Å². The average molecular weight is 356 g/mol. The summed E-state index contributed by atoms with van der Waals surface area (Å²) in [6.45, 7) is 5.01. The fourth-order valence-corrected chi connectivity index (χ4v) is 3.56. The van der Waals surface area contributed by atoms with Gasteiger partial charge in [0.05, 0.1) is 5.69 Å². The van der Waals surface area contributed by atoms with Gasteiger partial charge >= 0.3 is 0 Å². The number of nitrogens with zero attached hydrogens (tertiary/aromatic N) is 3. The number of carbonyl (C=O) groups excluding carboxylic acids is 1. The van der Waals surface area contributed by atoms with E-state index in [2.05, 4.69) is 16.9 Å². The van der Waals surface area contributed by atoms with Crippen molar-refractivity contribution in [2.75, 3.05) is 33.2 Å². The molecule has 0 unspecified atom stereocenters. The van der Waals surface area contributed by atoms with Crippen LogP contribution in [0.25, 0.3) is 10.6 Å². The van der Waals surface area contributed by atoms with Crippen LogP contribution in [-0.2, 0) is 0 Å². The minimum atomic E-state index is -0.310. The van der Waals surface area contributed by atoms with Gasteiger partial charge in [0.1, 0.15) is 15.7 Å².